The number of sulfonamides is 1. The number of ether oxygens (including phenoxy) is 2. The first-order chi connectivity index (χ1) is 13.8. The Hall–Kier alpha value is -2.40. The van der Waals surface area contributed by atoms with E-state index in [9.17, 15) is 23.3 Å². The Morgan fingerprint density at radius 3 is 2.60 bits per heavy atom. The minimum Gasteiger partial charge on any atom is -0.490 e. The summed E-state index contributed by atoms with van der Waals surface area (Å²) in [5, 5.41) is 11.2. The molecule has 1 aliphatic heterocycles. The number of carbonyl (C=O) groups excluding carboxylic acids is 1. The lowest BCUT2D eigenvalue weighted by atomic mass is 9.99. The summed E-state index contributed by atoms with van der Waals surface area (Å²) in [6.07, 6.45) is 0.930. The van der Waals surface area contributed by atoms with Gasteiger partial charge in [-0.2, -0.15) is 4.31 Å². The van der Waals surface area contributed by atoms with Crippen LogP contribution in [0.25, 0.3) is 0 Å². The quantitative estimate of drug-likeness (QED) is 0.490. The van der Waals surface area contributed by atoms with Gasteiger partial charge in [-0.25, -0.2) is 13.2 Å². The van der Waals surface area contributed by atoms with Crippen LogP contribution in [-0.2, 0) is 14.8 Å². The lowest BCUT2D eigenvalue weighted by Gasteiger charge is -2.34. The Bertz CT molecular complexity index is 896. The van der Waals surface area contributed by atoms with Crippen LogP contribution in [0.3, 0.4) is 0 Å². The molecule has 1 unspecified atom stereocenters. The first-order valence-electron chi connectivity index (χ1n) is 9.62. The van der Waals surface area contributed by atoms with Crippen LogP contribution in [0, 0.1) is 16.0 Å². The van der Waals surface area contributed by atoms with E-state index in [0.717, 1.165) is 12.5 Å². The van der Waals surface area contributed by atoms with Gasteiger partial charge in [0.25, 0.3) is 0 Å². The van der Waals surface area contributed by atoms with E-state index in [1.54, 1.807) is 27.8 Å². The molecule has 30 heavy (non-hydrogen) atoms. The van der Waals surface area contributed by atoms with Crippen LogP contribution in [-0.4, -0.2) is 68.0 Å². The molecule has 1 saturated heterocycles. The van der Waals surface area contributed by atoms with Crippen LogP contribution in [0.4, 0.5) is 10.5 Å². The first-order valence-corrected chi connectivity index (χ1v) is 11.1. The van der Waals surface area contributed by atoms with E-state index in [-0.39, 0.29) is 23.1 Å². The van der Waals surface area contributed by atoms with Crippen LogP contribution >= 0.6 is 0 Å². The number of benzene rings is 1. The van der Waals surface area contributed by atoms with Crippen LogP contribution in [0.2, 0.25) is 0 Å². The van der Waals surface area contributed by atoms with Gasteiger partial charge in [0.05, 0.1) is 16.9 Å². The average Bonchev–Trinajstić information content (AvgIpc) is 2.66. The number of amides is 1. The van der Waals surface area contributed by atoms with E-state index in [1.165, 1.54) is 28.4 Å². The molecule has 1 atom stereocenters. The van der Waals surface area contributed by atoms with Crippen LogP contribution < -0.4 is 4.74 Å². The standard InChI is InChI=1S/C19H29N3O7S/c1-19(2,3)29-18(23)20(4)12-14-7-6-10-21(13-14)30(26,27)15-8-9-17(28-5)16(11-15)22(24)25/h8-9,11,14H,6-7,10,12-13H2,1-5H3. The number of nitro groups is 1. The van der Waals surface area contributed by atoms with Crippen LogP contribution in [0.15, 0.2) is 23.1 Å². The van der Waals surface area contributed by atoms with E-state index < -0.39 is 32.3 Å². The smallest absolute Gasteiger partial charge is 0.410 e. The fourth-order valence-electron chi connectivity index (χ4n) is 3.32. The van der Waals surface area contributed by atoms with Crippen molar-refractivity contribution >= 4 is 21.8 Å². The fourth-order valence-corrected chi connectivity index (χ4v) is 4.89. The normalized spacial score (nSPS) is 18.0. The molecule has 1 fully saturated rings. The molecule has 0 aromatic heterocycles. The summed E-state index contributed by atoms with van der Waals surface area (Å²) in [6.45, 7) is 6.22. The Kier molecular flexibility index (Phi) is 7.30. The number of nitro benzene ring substituents is 1. The Labute approximate surface area is 176 Å². The molecule has 0 bridgehead atoms. The molecule has 1 aliphatic rings. The van der Waals surface area contributed by atoms with Gasteiger partial charge in [0.15, 0.2) is 5.75 Å². The van der Waals surface area contributed by atoms with Gasteiger partial charge in [-0.15, -0.1) is 0 Å². The van der Waals surface area contributed by atoms with Crippen molar-refractivity contribution < 1.29 is 27.6 Å². The second kappa shape index (κ2) is 9.17. The Morgan fingerprint density at radius 1 is 1.37 bits per heavy atom. The third kappa shape index (κ3) is 5.82. The highest BCUT2D eigenvalue weighted by Crippen LogP contribution is 2.32. The number of rotatable bonds is 6. The van der Waals surface area contributed by atoms with Gasteiger partial charge < -0.3 is 14.4 Å². The summed E-state index contributed by atoms with van der Waals surface area (Å²) >= 11 is 0. The third-order valence-corrected chi connectivity index (χ3v) is 6.56. The van der Waals surface area contributed by atoms with Crippen molar-refractivity contribution in [3.8, 4) is 5.75 Å². The van der Waals surface area contributed by atoms with E-state index >= 15 is 0 Å². The summed E-state index contributed by atoms with van der Waals surface area (Å²) in [4.78, 5) is 24.0. The van der Waals surface area contributed by atoms with Gasteiger partial charge in [0, 0.05) is 32.7 Å². The summed E-state index contributed by atoms with van der Waals surface area (Å²) in [5.41, 5.74) is -1.02. The molecule has 10 nitrogen and oxygen atoms in total. The lowest BCUT2D eigenvalue weighted by molar-refractivity contribution is -0.386. The van der Waals surface area contributed by atoms with Gasteiger partial charge in [0.2, 0.25) is 10.0 Å². The monoisotopic (exact) mass is 443 g/mol. The number of carbonyl (C=O) groups is 1. The molecular weight excluding hydrogens is 414 g/mol. The number of nitrogens with zero attached hydrogens (tertiary/aromatic N) is 3. The highest BCUT2D eigenvalue weighted by Gasteiger charge is 2.33. The van der Waals surface area contributed by atoms with Crippen molar-refractivity contribution in [2.75, 3.05) is 33.8 Å². The molecule has 1 aromatic carbocycles. The number of hydrogen-bond acceptors (Lipinski definition) is 7. The Morgan fingerprint density at radius 2 is 2.03 bits per heavy atom. The second-order valence-electron chi connectivity index (χ2n) is 8.32. The average molecular weight is 444 g/mol. The van der Waals surface area contributed by atoms with Crippen molar-refractivity contribution in [1.82, 2.24) is 9.21 Å². The Balaban J connectivity index is 2.15. The molecular formula is C19H29N3O7S. The minimum atomic E-state index is -3.92. The molecule has 0 aliphatic carbocycles. The number of piperidine rings is 1. The molecule has 168 valence electrons. The van der Waals surface area contributed by atoms with Crippen molar-refractivity contribution in [3.63, 3.8) is 0 Å². The minimum absolute atomic E-state index is 0.00513. The molecule has 11 heteroatoms. The van der Waals surface area contributed by atoms with Crippen molar-refractivity contribution in [1.29, 1.82) is 0 Å². The molecule has 0 spiro atoms. The lowest BCUT2D eigenvalue weighted by Crippen LogP contribution is -2.44. The molecule has 0 radical (unpaired) electrons. The van der Waals surface area contributed by atoms with E-state index in [4.69, 9.17) is 9.47 Å². The summed E-state index contributed by atoms with van der Waals surface area (Å²) in [7, 11) is -1.02. The maximum Gasteiger partial charge on any atom is 0.410 e. The maximum atomic E-state index is 13.1. The molecule has 1 amide bonds. The second-order valence-corrected chi connectivity index (χ2v) is 10.3. The van der Waals surface area contributed by atoms with Crippen LogP contribution in [0.1, 0.15) is 33.6 Å². The van der Waals surface area contributed by atoms with E-state index in [1.807, 2.05) is 0 Å². The third-order valence-electron chi connectivity index (χ3n) is 4.70. The van der Waals surface area contributed by atoms with Crippen molar-refractivity contribution in [2.45, 2.75) is 44.1 Å². The molecule has 2 rings (SSSR count). The highest BCUT2D eigenvalue weighted by atomic mass is 32.2. The number of methoxy groups -OCH3 is 1. The fraction of sp³-hybridized carbons (Fsp3) is 0.632. The predicted molar refractivity (Wildman–Crippen MR) is 110 cm³/mol. The largest absolute Gasteiger partial charge is 0.490 e. The van der Waals surface area contributed by atoms with E-state index in [2.05, 4.69) is 0 Å². The van der Waals surface area contributed by atoms with Gasteiger partial charge in [-0.05, 0) is 51.7 Å². The van der Waals surface area contributed by atoms with Crippen LogP contribution in [0.5, 0.6) is 5.75 Å². The molecule has 1 aromatic rings. The molecule has 1 heterocycles. The van der Waals surface area contributed by atoms with Crippen molar-refractivity contribution in [3.05, 3.63) is 28.3 Å². The van der Waals surface area contributed by atoms with E-state index in [0.29, 0.717) is 19.5 Å². The topological polar surface area (TPSA) is 119 Å². The highest BCUT2D eigenvalue weighted by molar-refractivity contribution is 7.89. The van der Waals surface area contributed by atoms with Gasteiger partial charge in [-0.1, -0.05) is 0 Å². The molecule has 0 N–H and O–H groups in total. The van der Waals surface area contributed by atoms with Crippen molar-refractivity contribution in [2.24, 2.45) is 5.92 Å². The summed E-state index contributed by atoms with van der Waals surface area (Å²) in [5.74, 6) is -0.0752. The maximum absolute atomic E-state index is 13.1. The van der Waals surface area contributed by atoms with Gasteiger partial charge >= 0.3 is 11.8 Å². The summed E-state index contributed by atoms with van der Waals surface area (Å²) < 4.78 is 37.7. The SMILES string of the molecule is COc1ccc(S(=O)(=O)N2CCCC(CN(C)C(=O)OC(C)(C)C)C2)cc1[N+](=O)[O-]. The zero-order chi connectivity index (χ0) is 22.7. The first kappa shape index (κ1) is 23.9. The zero-order valence-electron chi connectivity index (χ0n) is 18.0. The predicted octanol–water partition coefficient (Wildman–Crippen LogP) is 2.87. The molecule has 0 saturated carbocycles. The number of hydrogen-bond donors (Lipinski definition) is 0. The van der Waals surface area contributed by atoms with Gasteiger partial charge in [0.1, 0.15) is 5.60 Å². The summed E-state index contributed by atoms with van der Waals surface area (Å²) in [6, 6.07) is 3.60. The van der Waals surface area contributed by atoms with Gasteiger partial charge in [-0.3, -0.25) is 10.1 Å². The zero-order valence-corrected chi connectivity index (χ0v) is 18.8.